The van der Waals surface area contributed by atoms with Gasteiger partial charge in [0.2, 0.25) is 0 Å². The third-order valence-corrected chi connectivity index (χ3v) is 5.58. The number of nitrogens with one attached hydrogen (secondary N) is 2. The van der Waals surface area contributed by atoms with Crippen LogP contribution in [0.4, 0.5) is 0 Å². The molecule has 0 bridgehead atoms. The highest BCUT2D eigenvalue weighted by atomic mass is 35.5. The molecule has 136 valence electrons. The minimum Gasteiger partial charge on any atom is -0.465 e. The summed E-state index contributed by atoms with van der Waals surface area (Å²) in [5.74, 6) is 0.0573. The van der Waals surface area contributed by atoms with Gasteiger partial charge in [-0.25, -0.2) is 9.78 Å². The van der Waals surface area contributed by atoms with E-state index in [2.05, 4.69) is 15.3 Å². The molecule has 0 aliphatic carbocycles. The zero-order chi connectivity index (χ0) is 18.8. The van der Waals surface area contributed by atoms with Crippen molar-refractivity contribution in [2.24, 2.45) is 0 Å². The van der Waals surface area contributed by atoms with Gasteiger partial charge in [0.1, 0.15) is 15.5 Å². The number of fused-ring (bicyclic) bond motifs is 1. The number of methoxy groups -OCH3 is 1. The Balaban J connectivity index is 1.83. The number of carbonyl (C=O) groups is 1. The summed E-state index contributed by atoms with van der Waals surface area (Å²) in [7, 11) is 1.32. The van der Waals surface area contributed by atoms with Crippen LogP contribution < -0.4 is 10.9 Å². The molecule has 0 amide bonds. The number of aryl methyl sites for hydroxylation is 1. The van der Waals surface area contributed by atoms with Gasteiger partial charge in [0, 0.05) is 11.1 Å². The maximum atomic E-state index is 12.4. The third kappa shape index (κ3) is 3.65. The fourth-order valence-electron chi connectivity index (χ4n) is 2.68. The zero-order valence-corrected chi connectivity index (χ0v) is 16.1. The van der Waals surface area contributed by atoms with E-state index >= 15 is 0 Å². The first-order chi connectivity index (χ1) is 12.4. The Morgan fingerprint density at radius 3 is 2.73 bits per heavy atom. The summed E-state index contributed by atoms with van der Waals surface area (Å²) in [5.41, 5.74) is 1.42. The largest absolute Gasteiger partial charge is 0.465 e. The van der Waals surface area contributed by atoms with Gasteiger partial charge in [-0.3, -0.25) is 4.79 Å². The number of rotatable bonds is 5. The summed E-state index contributed by atoms with van der Waals surface area (Å²) in [6.07, 6.45) is 0. The Morgan fingerprint density at radius 2 is 2.08 bits per heavy atom. The van der Waals surface area contributed by atoms with Gasteiger partial charge in [0.05, 0.1) is 19.0 Å². The van der Waals surface area contributed by atoms with Crippen LogP contribution in [0.5, 0.6) is 0 Å². The topological polar surface area (TPSA) is 84.1 Å². The predicted octanol–water partition coefficient (Wildman–Crippen LogP) is 3.58. The monoisotopic (exact) mass is 391 g/mol. The molecule has 0 saturated carbocycles. The van der Waals surface area contributed by atoms with Gasteiger partial charge in [-0.05, 0) is 37.1 Å². The average molecular weight is 392 g/mol. The van der Waals surface area contributed by atoms with Gasteiger partial charge < -0.3 is 15.0 Å². The van der Waals surface area contributed by atoms with E-state index in [-0.39, 0.29) is 11.6 Å². The first-order valence-corrected chi connectivity index (χ1v) is 9.19. The molecule has 0 fully saturated rings. The number of H-pyrrole nitrogens is 1. The number of halogens is 1. The van der Waals surface area contributed by atoms with Crippen LogP contribution in [0.2, 0.25) is 5.02 Å². The van der Waals surface area contributed by atoms with Gasteiger partial charge in [0.25, 0.3) is 5.56 Å². The van der Waals surface area contributed by atoms with Gasteiger partial charge in [-0.15, -0.1) is 11.3 Å². The Hall–Kier alpha value is -2.22. The van der Waals surface area contributed by atoms with Crippen molar-refractivity contribution in [1.29, 1.82) is 0 Å². The molecule has 3 rings (SSSR count). The van der Waals surface area contributed by atoms with Crippen LogP contribution in [0.25, 0.3) is 10.2 Å². The van der Waals surface area contributed by atoms with Crippen LogP contribution in [0.1, 0.15) is 39.6 Å². The SMILES string of the molecule is COC(=O)c1sc2nc(CN[C@H](C)c3ccc(Cl)cc3)[nH]c(=O)c2c1C. The first kappa shape index (κ1) is 18.6. The molecule has 26 heavy (non-hydrogen) atoms. The van der Waals surface area contributed by atoms with Gasteiger partial charge in [-0.1, -0.05) is 23.7 Å². The number of hydrogen-bond donors (Lipinski definition) is 2. The van der Waals surface area contributed by atoms with E-state index in [0.29, 0.717) is 38.0 Å². The molecule has 2 N–H and O–H groups in total. The van der Waals surface area contributed by atoms with Gasteiger partial charge >= 0.3 is 5.97 Å². The molecule has 1 atom stereocenters. The molecule has 6 nitrogen and oxygen atoms in total. The number of esters is 1. The lowest BCUT2D eigenvalue weighted by Gasteiger charge is -2.14. The highest BCUT2D eigenvalue weighted by Gasteiger charge is 2.19. The van der Waals surface area contributed by atoms with E-state index in [0.717, 1.165) is 5.56 Å². The van der Waals surface area contributed by atoms with Crippen LogP contribution in [0, 0.1) is 6.92 Å². The van der Waals surface area contributed by atoms with Crippen molar-refractivity contribution in [3.63, 3.8) is 0 Å². The van der Waals surface area contributed by atoms with Gasteiger partial charge in [-0.2, -0.15) is 0 Å². The number of benzene rings is 1. The van der Waals surface area contributed by atoms with Crippen LogP contribution in [0.3, 0.4) is 0 Å². The number of thiophene rings is 1. The third-order valence-electron chi connectivity index (χ3n) is 4.17. The summed E-state index contributed by atoms with van der Waals surface area (Å²) < 4.78 is 4.76. The minimum absolute atomic E-state index is 0.0592. The molecular formula is C18H18ClN3O3S. The van der Waals surface area contributed by atoms with Crippen LogP contribution in [0.15, 0.2) is 29.1 Å². The Kier molecular flexibility index (Phi) is 5.41. The highest BCUT2D eigenvalue weighted by Crippen LogP contribution is 2.27. The zero-order valence-electron chi connectivity index (χ0n) is 14.6. The van der Waals surface area contributed by atoms with E-state index in [1.807, 2.05) is 31.2 Å². The number of hydrogen-bond acceptors (Lipinski definition) is 6. The van der Waals surface area contributed by atoms with Crippen molar-refractivity contribution in [1.82, 2.24) is 15.3 Å². The number of carbonyl (C=O) groups excluding carboxylic acids is 1. The number of aromatic nitrogens is 2. The van der Waals surface area contributed by atoms with E-state index in [1.54, 1.807) is 6.92 Å². The lowest BCUT2D eigenvalue weighted by Crippen LogP contribution is -2.22. The molecule has 0 aliphatic heterocycles. The Morgan fingerprint density at radius 1 is 1.38 bits per heavy atom. The van der Waals surface area contributed by atoms with Crippen molar-refractivity contribution in [2.75, 3.05) is 7.11 Å². The van der Waals surface area contributed by atoms with Crippen LogP contribution in [-0.4, -0.2) is 23.0 Å². The normalized spacial score (nSPS) is 12.3. The quantitative estimate of drug-likeness (QED) is 0.649. The molecule has 8 heteroatoms. The lowest BCUT2D eigenvalue weighted by atomic mass is 10.1. The van der Waals surface area contributed by atoms with E-state index in [1.165, 1.54) is 18.4 Å². The Labute approximate surface area is 159 Å². The average Bonchev–Trinajstić information content (AvgIpc) is 2.96. The summed E-state index contributed by atoms with van der Waals surface area (Å²) in [6, 6.07) is 7.63. The molecule has 0 radical (unpaired) electrons. The molecule has 3 aromatic rings. The number of nitrogens with zero attached hydrogens (tertiary/aromatic N) is 1. The first-order valence-electron chi connectivity index (χ1n) is 8.00. The van der Waals surface area contributed by atoms with E-state index < -0.39 is 5.97 Å². The molecule has 1 aromatic carbocycles. The van der Waals surface area contributed by atoms with Crippen molar-refractivity contribution in [3.8, 4) is 0 Å². The molecule has 2 heterocycles. The Bertz CT molecular complexity index is 1010. The van der Waals surface area contributed by atoms with Crippen molar-refractivity contribution >= 4 is 39.1 Å². The fourth-order valence-corrected chi connectivity index (χ4v) is 3.92. The number of aromatic amines is 1. The van der Waals surface area contributed by atoms with Crippen molar-refractivity contribution < 1.29 is 9.53 Å². The maximum absolute atomic E-state index is 12.4. The standard InChI is InChI=1S/C18H18ClN3O3S/c1-9-14-16(23)21-13(22-17(14)26-15(9)18(24)25-3)8-20-10(2)11-4-6-12(19)7-5-11/h4-7,10,20H,8H2,1-3H3,(H,21,22,23)/t10-/m1/s1. The van der Waals surface area contributed by atoms with Gasteiger partial charge in [0.15, 0.2) is 0 Å². The van der Waals surface area contributed by atoms with Crippen molar-refractivity contribution in [3.05, 3.63) is 61.5 Å². The summed E-state index contributed by atoms with van der Waals surface area (Å²) >= 11 is 7.08. The summed E-state index contributed by atoms with van der Waals surface area (Å²) in [6.45, 7) is 4.13. The second kappa shape index (κ2) is 7.57. The van der Waals surface area contributed by atoms with Crippen molar-refractivity contribution in [2.45, 2.75) is 26.4 Å². The van der Waals surface area contributed by atoms with E-state index in [9.17, 15) is 9.59 Å². The summed E-state index contributed by atoms with van der Waals surface area (Å²) in [4.78, 5) is 32.4. The lowest BCUT2D eigenvalue weighted by molar-refractivity contribution is 0.0605. The summed E-state index contributed by atoms with van der Waals surface area (Å²) in [5, 5.41) is 4.44. The smallest absolute Gasteiger partial charge is 0.348 e. The molecule has 0 aliphatic rings. The van der Waals surface area contributed by atoms with E-state index in [4.69, 9.17) is 16.3 Å². The second-order valence-corrected chi connectivity index (χ2v) is 7.33. The maximum Gasteiger partial charge on any atom is 0.348 e. The van der Waals surface area contributed by atoms with Crippen LogP contribution >= 0.6 is 22.9 Å². The molecule has 2 aromatic heterocycles. The number of ether oxygens (including phenoxy) is 1. The highest BCUT2D eigenvalue weighted by molar-refractivity contribution is 7.20. The molecule has 0 saturated heterocycles. The molecule has 0 spiro atoms. The van der Waals surface area contributed by atoms with Crippen LogP contribution in [-0.2, 0) is 11.3 Å². The second-order valence-electron chi connectivity index (χ2n) is 5.89. The predicted molar refractivity (Wildman–Crippen MR) is 103 cm³/mol. The minimum atomic E-state index is -0.457. The molecule has 0 unspecified atom stereocenters. The molecular weight excluding hydrogens is 374 g/mol. The fraction of sp³-hybridized carbons (Fsp3) is 0.278.